The van der Waals surface area contributed by atoms with Crippen molar-refractivity contribution in [3.05, 3.63) is 0 Å². The molecular weight excluding hydrogens is 196 g/mol. The molecule has 0 rings (SSSR count). The predicted molar refractivity (Wildman–Crippen MR) is 60.5 cm³/mol. The van der Waals surface area contributed by atoms with E-state index in [9.17, 15) is 0 Å². The van der Waals surface area contributed by atoms with E-state index in [0.717, 1.165) is 32.7 Å². The quantitative estimate of drug-likeness (QED) is 0.193. The highest BCUT2D eigenvalue weighted by atomic mass is 16.3. The van der Waals surface area contributed by atoms with Crippen LogP contribution in [0.25, 0.3) is 0 Å². The Balaban J connectivity index is 3.44. The highest BCUT2D eigenvalue weighted by Gasteiger charge is 2.02. The number of hydrogen-bond acceptors (Lipinski definition) is 6. The summed E-state index contributed by atoms with van der Waals surface area (Å²) in [5.74, 6) is 0. The first-order chi connectivity index (χ1) is 7.35. The molecule has 0 aliphatic rings. The minimum Gasteiger partial charge on any atom is -0.395 e. The van der Waals surface area contributed by atoms with Gasteiger partial charge in [-0.2, -0.15) is 0 Å². The summed E-state index contributed by atoms with van der Waals surface area (Å²) in [5.41, 5.74) is 5.49. The van der Waals surface area contributed by atoms with Gasteiger partial charge in [-0.1, -0.05) is 0 Å². The van der Waals surface area contributed by atoms with E-state index in [1.807, 2.05) is 0 Å². The van der Waals surface area contributed by atoms with E-state index < -0.39 is 0 Å². The van der Waals surface area contributed by atoms with Crippen LogP contribution in [0.2, 0.25) is 0 Å². The maximum atomic E-state index is 8.57. The van der Waals surface area contributed by atoms with Gasteiger partial charge in [0.15, 0.2) is 0 Å². The zero-order chi connectivity index (χ0) is 11.4. The number of aliphatic hydroxyl groups excluding tert-OH is 2. The van der Waals surface area contributed by atoms with Crippen molar-refractivity contribution >= 4 is 0 Å². The molecule has 0 radical (unpaired) electrons. The molecule has 0 aromatic heterocycles. The molecule has 0 amide bonds. The second-order valence-electron chi connectivity index (χ2n) is 3.26. The van der Waals surface area contributed by atoms with E-state index in [4.69, 9.17) is 15.9 Å². The van der Waals surface area contributed by atoms with Crippen LogP contribution in [0.1, 0.15) is 0 Å². The lowest BCUT2D eigenvalue weighted by atomic mass is 10.4. The number of nitrogens with zero attached hydrogens (tertiary/aromatic N) is 1. The summed E-state index contributed by atoms with van der Waals surface area (Å²) >= 11 is 0. The van der Waals surface area contributed by atoms with E-state index in [1.165, 1.54) is 0 Å². The molecule has 0 bridgehead atoms. The molecule has 92 valence electrons. The second kappa shape index (κ2) is 11.8. The van der Waals surface area contributed by atoms with Gasteiger partial charge in [0.25, 0.3) is 0 Å². The zero-order valence-electron chi connectivity index (χ0n) is 9.28. The largest absolute Gasteiger partial charge is 0.395 e. The highest BCUT2D eigenvalue weighted by molar-refractivity contribution is 4.61. The van der Waals surface area contributed by atoms with Crippen molar-refractivity contribution in [3.63, 3.8) is 0 Å². The molecule has 0 unspecified atom stereocenters. The Morgan fingerprint density at radius 2 is 1.60 bits per heavy atom. The highest BCUT2D eigenvalue weighted by Crippen LogP contribution is 1.84. The van der Waals surface area contributed by atoms with Gasteiger partial charge in [-0.3, -0.25) is 10.2 Å². The number of aliphatic hydroxyl groups is 2. The van der Waals surface area contributed by atoms with Crippen LogP contribution in [0, 0.1) is 0 Å². The van der Waals surface area contributed by atoms with Gasteiger partial charge in [0, 0.05) is 45.8 Å². The molecule has 0 saturated heterocycles. The lowest BCUT2D eigenvalue weighted by Gasteiger charge is -2.21. The average Bonchev–Trinajstić information content (AvgIpc) is 2.24. The molecule has 0 aromatic carbocycles. The van der Waals surface area contributed by atoms with Crippen LogP contribution in [-0.2, 0) is 0 Å². The molecule has 0 atom stereocenters. The molecule has 6 heteroatoms. The molecule has 0 heterocycles. The summed E-state index contributed by atoms with van der Waals surface area (Å²) in [4.78, 5) is 2.22. The summed E-state index contributed by atoms with van der Waals surface area (Å²) in [6.45, 7) is 5.69. The Morgan fingerprint density at radius 3 is 2.13 bits per heavy atom. The third-order valence-corrected chi connectivity index (χ3v) is 2.06. The summed E-state index contributed by atoms with van der Waals surface area (Å²) < 4.78 is 0. The lowest BCUT2D eigenvalue weighted by Crippen LogP contribution is -2.40. The fourth-order valence-corrected chi connectivity index (χ4v) is 1.28. The first kappa shape index (κ1) is 14.8. The van der Waals surface area contributed by atoms with Crippen molar-refractivity contribution in [2.75, 3.05) is 59.2 Å². The SMILES string of the molecule is NCCN(CCNCO)CCNCCO. The fraction of sp³-hybridized carbons (Fsp3) is 1.00. The van der Waals surface area contributed by atoms with Crippen LogP contribution in [0.4, 0.5) is 0 Å². The minimum absolute atomic E-state index is 0.0131. The normalized spacial score (nSPS) is 11.2. The average molecular weight is 220 g/mol. The van der Waals surface area contributed by atoms with Crippen molar-refractivity contribution in [3.8, 4) is 0 Å². The second-order valence-corrected chi connectivity index (χ2v) is 3.26. The van der Waals surface area contributed by atoms with Gasteiger partial charge in [-0.05, 0) is 0 Å². The van der Waals surface area contributed by atoms with E-state index in [-0.39, 0.29) is 13.3 Å². The van der Waals surface area contributed by atoms with Gasteiger partial charge in [0.05, 0.1) is 13.3 Å². The molecule has 15 heavy (non-hydrogen) atoms. The Kier molecular flexibility index (Phi) is 11.6. The molecule has 0 fully saturated rings. The number of hydrogen-bond donors (Lipinski definition) is 5. The number of rotatable bonds is 11. The minimum atomic E-state index is 0.0131. The number of nitrogens with two attached hydrogens (primary N) is 1. The van der Waals surface area contributed by atoms with E-state index in [0.29, 0.717) is 13.1 Å². The van der Waals surface area contributed by atoms with E-state index >= 15 is 0 Å². The smallest absolute Gasteiger partial charge is 0.0931 e. The van der Waals surface area contributed by atoms with Crippen molar-refractivity contribution in [1.29, 1.82) is 0 Å². The molecule has 0 aliphatic heterocycles. The summed E-state index contributed by atoms with van der Waals surface area (Å²) in [6, 6.07) is 0. The molecule has 0 aliphatic carbocycles. The Hall–Kier alpha value is -0.240. The van der Waals surface area contributed by atoms with Gasteiger partial charge in [0.1, 0.15) is 0 Å². The Morgan fingerprint density at radius 1 is 0.933 bits per heavy atom. The first-order valence-corrected chi connectivity index (χ1v) is 5.40. The first-order valence-electron chi connectivity index (χ1n) is 5.40. The van der Waals surface area contributed by atoms with Crippen molar-refractivity contribution in [2.45, 2.75) is 0 Å². The molecule has 0 saturated carbocycles. The molecule has 6 N–H and O–H groups in total. The van der Waals surface area contributed by atoms with Gasteiger partial charge in [-0.15, -0.1) is 0 Å². The van der Waals surface area contributed by atoms with E-state index in [2.05, 4.69) is 15.5 Å². The molecule has 0 spiro atoms. The topological polar surface area (TPSA) is 93.8 Å². The van der Waals surface area contributed by atoms with Crippen LogP contribution < -0.4 is 16.4 Å². The van der Waals surface area contributed by atoms with Gasteiger partial charge in [-0.25, -0.2) is 0 Å². The van der Waals surface area contributed by atoms with Crippen molar-refractivity contribution < 1.29 is 10.2 Å². The Bertz CT molecular complexity index is 127. The third-order valence-electron chi connectivity index (χ3n) is 2.06. The van der Waals surface area contributed by atoms with Crippen LogP contribution in [0.3, 0.4) is 0 Å². The standard InChI is InChI=1S/C9H24N4O2/c10-1-5-13(7-3-12-9-15)6-2-11-4-8-14/h11-12,14-15H,1-10H2. The van der Waals surface area contributed by atoms with Crippen LogP contribution in [0.15, 0.2) is 0 Å². The van der Waals surface area contributed by atoms with Gasteiger partial charge in [0.2, 0.25) is 0 Å². The Labute approximate surface area is 91.4 Å². The monoisotopic (exact) mass is 220 g/mol. The maximum absolute atomic E-state index is 8.57. The molecule has 0 aromatic rings. The third kappa shape index (κ3) is 10.1. The summed E-state index contributed by atoms with van der Waals surface area (Å²) in [7, 11) is 0. The van der Waals surface area contributed by atoms with Gasteiger partial charge < -0.3 is 21.3 Å². The van der Waals surface area contributed by atoms with Gasteiger partial charge >= 0.3 is 0 Å². The maximum Gasteiger partial charge on any atom is 0.0931 e. The van der Waals surface area contributed by atoms with Crippen LogP contribution in [0.5, 0.6) is 0 Å². The van der Waals surface area contributed by atoms with Crippen LogP contribution in [-0.4, -0.2) is 74.3 Å². The number of nitrogens with one attached hydrogen (secondary N) is 2. The summed E-state index contributed by atoms with van der Waals surface area (Å²) in [5, 5.41) is 23.1. The van der Waals surface area contributed by atoms with Crippen LogP contribution >= 0.6 is 0 Å². The predicted octanol–water partition coefficient (Wildman–Crippen LogP) is -2.63. The fourth-order valence-electron chi connectivity index (χ4n) is 1.28. The van der Waals surface area contributed by atoms with E-state index in [1.54, 1.807) is 0 Å². The summed E-state index contributed by atoms with van der Waals surface area (Å²) in [6.07, 6.45) is 0. The van der Waals surface area contributed by atoms with Crippen molar-refractivity contribution in [2.24, 2.45) is 5.73 Å². The lowest BCUT2D eigenvalue weighted by molar-refractivity contribution is 0.231. The van der Waals surface area contributed by atoms with Crippen molar-refractivity contribution in [1.82, 2.24) is 15.5 Å². The molecule has 6 nitrogen and oxygen atoms in total. The zero-order valence-corrected chi connectivity index (χ0v) is 9.28. The molecular formula is C9H24N4O2.